The number of unbranched alkanes of at least 4 members (excludes halogenated alkanes) is 1. The Hall–Kier alpha value is -0.490. The highest BCUT2D eigenvalue weighted by Crippen LogP contribution is 2.28. The van der Waals surface area contributed by atoms with E-state index in [2.05, 4.69) is 40.2 Å². The molecule has 0 aromatic heterocycles. The fourth-order valence-electron chi connectivity index (χ4n) is 1.77. The third-order valence-electron chi connectivity index (χ3n) is 2.61. The smallest absolute Gasteiger partial charge is 0.0551 e. The molecule has 3 heteroatoms. The summed E-state index contributed by atoms with van der Waals surface area (Å²) in [5, 5.41) is 4.21. The topological polar surface area (TPSA) is 12.0 Å². The summed E-state index contributed by atoms with van der Waals surface area (Å²) < 4.78 is 0.932. The maximum Gasteiger partial charge on any atom is 0.0551 e. The van der Waals surface area contributed by atoms with Crippen LogP contribution in [0.25, 0.3) is 0 Å². The van der Waals surface area contributed by atoms with Crippen LogP contribution in [0, 0.1) is 12.3 Å². The minimum absolute atomic E-state index is 0.332. The lowest BCUT2D eigenvalue weighted by atomic mass is 10.0. The van der Waals surface area contributed by atoms with Crippen LogP contribution in [0.1, 0.15) is 37.8 Å². The summed E-state index contributed by atoms with van der Waals surface area (Å²) in [6, 6.07) is 6.43. The third kappa shape index (κ3) is 4.71. The van der Waals surface area contributed by atoms with Crippen LogP contribution in [-0.4, -0.2) is 6.54 Å². The first kappa shape index (κ1) is 14.6. The first-order valence-corrected chi connectivity index (χ1v) is 6.98. The number of halogens is 2. The molecule has 1 unspecified atom stereocenters. The summed E-state index contributed by atoms with van der Waals surface area (Å²) in [6.45, 7) is 3.04. The SMILES string of the molecule is C#CCCCC(NCC)c1ccc(Br)c(Cl)c1. The second-order valence-corrected chi connectivity index (χ2v) is 5.14. The number of hydrogen-bond donors (Lipinski definition) is 1. The molecule has 0 aliphatic rings. The molecule has 0 fully saturated rings. The van der Waals surface area contributed by atoms with Crippen LogP contribution in [0.2, 0.25) is 5.02 Å². The molecule has 17 heavy (non-hydrogen) atoms. The first-order valence-electron chi connectivity index (χ1n) is 5.80. The van der Waals surface area contributed by atoms with Gasteiger partial charge in [0, 0.05) is 16.9 Å². The Morgan fingerprint density at radius 3 is 2.88 bits per heavy atom. The summed E-state index contributed by atoms with van der Waals surface area (Å²) >= 11 is 9.51. The lowest BCUT2D eigenvalue weighted by molar-refractivity contribution is 0.502. The number of nitrogens with one attached hydrogen (secondary N) is 1. The predicted octanol–water partition coefficient (Wildman–Crippen LogP) is 4.56. The van der Waals surface area contributed by atoms with E-state index >= 15 is 0 Å². The predicted molar refractivity (Wildman–Crippen MR) is 78.3 cm³/mol. The second kappa shape index (κ2) is 7.76. The van der Waals surface area contributed by atoms with E-state index in [1.165, 1.54) is 5.56 Å². The van der Waals surface area contributed by atoms with Gasteiger partial charge in [0.1, 0.15) is 0 Å². The Bertz CT molecular complexity index is 398. The van der Waals surface area contributed by atoms with Gasteiger partial charge in [-0.1, -0.05) is 24.6 Å². The number of hydrogen-bond acceptors (Lipinski definition) is 1. The van der Waals surface area contributed by atoms with Crippen molar-refractivity contribution in [3.05, 3.63) is 33.3 Å². The maximum atomic E-state index is 6.11. The molecular weight excluding hydrogens is 298 g/mol. The molecule has 92 valence electrons. The number of rotatable bonds is 6. The molecule has 1 atom stereocenters. The zero-order chi connectivity index (χ0) is 12.7. The van der Waals surface area contributed by atoms with Gasteiger partial charge in [0.05, 0.1) is 5.02 Å². The molecule has 0 heterocycles. The molecule has 0 radical (unpaired) electrons. The highest BCUT2D eigenvalue weighted by molar-refractivity contribution is 9.10. The molecular formula is C14H17BrClN. The van der Waals surface area contributed by atoms with Crippen molar-refractivity contribution in [2.24, 2.45) is 0 Å². The zero-order valence-electron chi connectivity index (χ0n) is 9.97. The largest absolute Gasteiger partial charge is 0.310 e. The van der Waals surface area contributed by atoms with E-state index in [1.807, 2.05) is 12.1 Å². The van der Waals surface area contributed by atoms with Crippen molar-refractivity contribution in [1.82, 2.24) is 5.32 Å². The zero-order valence-corrected chi connectivity index (χ0v) is 12.3. The van der Waals surface area contributed by atoms with Crippen molar-refractivity contribution in [3.63, 3.8) is 0 Å². The Morgan fingerprint density at radius 1 is 1.53 bits per heavy atom. The normalized spacial score (nSPS) is 12.1. The Labute approximate surface area is 117 Å². The maximum absolute atomic E-state index is 6.11. The molecule has 0 spiro atoms. The van der Waals surface area contributed by atoms with Crippen molar-refractivity contribution in [2.45, 2.75) is 32.2 Å². The third-order valence-corrected chi connectivity index (χ3v) is 3.84. The average Bonchev–Trinajstić information content (AvgIpc) is 2.32. The Kier molecular flexibility index (Phi) is 6.65. The summed E-state index contributed by atoms with van der Waals surface area (Å²) in [6.07, 6.45) is 8.17. The lowest BCUT2D eigenvalue weighted by Gasteiger charge is -2.18. The molecule has 0 saturated heterocycles. The minimum Gasteiger partial charge on any atom is -0.310 e. The summed E-state index contributed by atoms with van der Waals surface area (Å²) in [7, 11) is 0. The molecule has 0 aliphatic heterocycles. The van der Waals surface area contributed by atoms with E-state index < -0.39 is 0 Å². The van der Waals surface area contributed by atoms with E-state index in [4.69, 9.17) is 18.0 Å². The summed E-state index contributed by atoms with van der Waals surface area (Å²) in [5.41, 5.74) is 1.22. The van der Waals surface area contributed by atoms with Gasteiger partial charge >= 0.3 is 0 Å². The number of benzene rings is 1. The quantitative estimate of drug-likeness (QED) is 0.599. The van der Waals surface area contributed by atoms with Crippen molar-refractivity contribution >= 4 is 27.5 Å². The van der Waals surface area contributed by atoms with Crippen LogP contribution in [0.3, 0.4) is 0 Å². The molecule has 1 N–H and O–H groups in total. The molecule has 1 rings (SSSR count). The monoisotopic (exact) mass is 313 g/mol. The van der Waals surface area contributed by atoms with Crippen LogP contribution in [0.15, 0.2) is 22.7 Å². The molecule has 1 nitrogen and oxygen atoms in total. The summed E-state index contributed by atoms with van der Waals surface area (Å²) in [4.78, 5) is 0. The van der Waals surface area contributed by atoms with Gasteiger partial charge in [-0.2, -0.15) is 0 Å². The van der Waals surface area contributed by atoms with Crippen molar-refractivity contribution < 1.29 is 0 Å². The van der Waals surface area contributed by atoms with E-state index in [0.29, 0.717) is 6.04 Å². The van der Waals surface area contributed by atoms with Gasteiger partial charge in [0.25, 0.3) is 0 Å². The summed E-state index contributed by atoms with van der Waals surface area (Å²) in [5.74, 6) is 2.68. The van der Waals surface area contributed by atoms with Gasteiger partial charge in [-0.25, -0.2) is 0 Å². The standard InChI is InChI=1S/C14H17BrClN/c1-3-5-6-7-14(17-4-2)11-8-9-12(15)13(16)10-11/h1,8-10,14,17H,4-7H2,2H3. The van der Waals surface area contributed by atoms with Crippen LogP contribution in [-0.2, 0) is 0 Å². The van der Waals surface area contributed by atoms with Gasteiger partial charge in [0.15, 0.2) is 0 Å². The lowest BCUT2D eigenvalue weighted by Crippen LogP contribution is -2.20. The molecule has 0 amide bonds. The van der Waals surface area contributed by atoms with Crippen LogP contribution >= 0.6 is 27.5 Å². The molecule has 0 bridgehead atoms. The Morgan fingerprint density at radius 2 is 2.29 bits per heavy atom. The van der Waals surface area contributed by atoms with Gasteiger partial charge in [-0.15, -0.1) is 12.3 Å². The van der Waals surface area contributed by atoms with Gasteiger partial charge in [-0.3, -0.25) is 0 Å². The van der Waals surface area contributed by atoms with Gasteiger partial charge in [0.2, 0.25) is 0 Å². The average molecular weight is 315 g/mol. The van der Waals surface area contributed by atoms with Crippen molar-refractivity contribution in [3.8, 4) is 12.3 Å². The molecule has 0 saturated carbocycles. The fraction of sp³-hybridized carbons (Fsp3) is 0.429. The first-order chi connectivity index (χ1) is 8.19. The van der Waals surface area contributed by atoms with Crippen molar-refractivity contribution in [2.75, 3.05) is 6.54 Å². The Balaban J connectivity index is 2.74. The molecule has 1 aromatic rings. The van der Waals surface area contributed by atoms with Crippen molar-refractivity contribution in [1.29, 1.82) is 0 Å². The van der Waals surface area contributed by atoms with Gasteiger partial charge < -0.3 is 5.32 Å². The van der Waals surface area contributed by atoms with E-state index in [0.717, 1.165) is 35.3 Å². The van der Waals surface area contributed by atoms with E-state index in [-0.39, 0.29) is 0 Å². The molecule has 0 aliphatic carbocycles. The van der Waals surface area contributed by atoms with E-state index in [1.54, 1.807) is 0 Å². The minimum atomic E-state index is 0.332. The highest BCUT2D eigenvalue weighted by atomic mass is 79.9. The fourth-order valence-corrected chi connectivity index (χ4v) is 2.21. The van der Waals surface area contributed by atoms with Crippen LogP contribution < -0.4 is 5.32 Å². The van der Waals surface area contributed by atoms with E-state index in [9.17, 15) is 0 Å². The van der Waals surface area contributed by atoms with Gasteiger partial charge in [-0.05, 0) is 53.0 Å². The van der Waals surface area contributed by atoms with Crippen LogP contribution in [0.5, 0.6) is 0 Å². The highest BCUT2D eigenvalue weighted by Gasteiger charge is 2.11. The number of terminal acetylenes is 1. The second-order valence-electron chi connectivity index (χ2n) is 3.88. The molecule has 1 aromatic carbocycles. The van der Waals surface area contributed by atoms with Crippen LogP contribution in [0.4, 0.5) is 0 Å².